The lowest BCUT2D eigenvalue weighted by Crippen LogP contribution is -2.05. The summed E-state index contributed by atoms with van der Waals surface area (Å²) in [6.07, 6.45) is 0.841. The van der Waals surface area contributed by atoms with Crippen LogP contribution in [0.2, 0.25) is 0 Å². The Morgan fingerprint density at radius 2 is 2.00 bits per heavy atom. The third kappa shape index (κ3) is 2.54. The van der Waals surface area contributed by atoms with Gasteiger partial charge in [-0.2, -0.15) is 0 Å². The summed E-state index contributed by atoms with van der Waals surface area (Å²) >= 11 is 0. The Morgan fingerprint density at radius 3 is 2.59 bits per heavy atom. The van der Waals surface area contributed by atoms with Crippen LogP contribution in [0, 0.1) is 17.6 Å². The van der Waals surface area contributed by atoms with E-state index in [0.29, 0.717) is 12.1 Å². The first-order valence-electron chi connectivity index (χ1n) is 5.55. The van der Waals surface area contributed by atoms with E-state index in [-0.39, 0.29) is 24.2 Å². The highest BCUT2D eigenvalue weighted by Crippen LogP contribution is 2.50. The van der Waals surface area contributed by atoms with Crippen LogP contribution in [0.3, 0.4) is 0 Å². The number of hydrogen-bond donors (Lipinski definition) is 1. The van der Waals surface area contributed by atoms with E-state index in [2.05, 4.69) is 0 Å². The quantitative estimate of drug-likeness (QED) is 0.864. The zero-order chi connectivity index (χ0) is 12.4. The third-order valence-corrected chi connectivity index (χ3v) is 3.01. The Hall–Kier alpha value is -1.23. The fourth-order valence-corrected chi connectivity index (χ4v) is 2.00. The summed E-state index contributed by atoms with van der Waals surface area (Å²) in [7, 11) is 0. The van der Waals surface area contributed by atoms with Gasteiger partial charge in [-0.15, -0.1) is 0 Å². The Balaban J connectivity index is 2.25. The van der Waals surface area contributed by atoms with Gasteiger partial charge in [-0.25, -0.2) is 13.2 Å². The van der Waals surface area contributed by atoms with Crippen LogP contribution in [0.4, 0.5) is 13.2 Å². The molecule has 2 atom stereocenters. The van der Waals surface area contributed by atoms with E-state index in [9.17, 15) is 13.2 Å². The molecule has 94 valence electrons. The van der Waals surface area contributed by atoms with Gasteiger partial charge in [-0.1, -0.05) is 0 Å². The molecule has 0 aromatic heterocycles. The van der Waals surface area contributed by atoms with Crippen LogP contribution in [-0.4, -0.2) is 19.8 Å². The molecule has 1 aliphatic rings. The molecule has 2 rings (SSSR count). The van der Waals surface area contributed by atoms with Crippen molar-refractivity contribution in [3.8, 4) is 5.75 Å². The minimum atomic E-state index is -0.979. The molecule has 1 saturated carbocycles. The maximum atomic E-state index is 13.2. The van der Waals surface area contributed by atoms with Crippen LogP contribution in [0.25, 0.3) is 0 Å². The molecule has 1 aromatic carbocycles. The van der Waals surface area contributed by atoms with Gasteiger partial charge in [0.2, 0.25) is 0 Å². The van der Waals surface area contributed by atoms with Crippen LogP contribution in [-0.2, 0) is 0 Å². The average molecular weight is 245 g/mol. The van der Waals surface area contributed by atoms with Crippen molar-refractivity contribution >= 4 is 0 Å². The summed E-state index contributed by atoms with van der Waals surface area (Å²) in [5.74, 6) is -1.28. The van der Waals surface area contributed by atoms with Crippen molar-refractivity contribution in [2.45, 2.75) is 12.3 Å². The highest BCUT2D eigenvalue weighted by Gasteiger charge is 2.39. The van der Waals surface area contributed by atoms with Gasteiger partial charge in [-0.05, 0) is 30.9 Å². The Kier molecular flexibility index (Phi) is 3.57. The topological polar surface area (TPSA) is 35.2 Å². The molecule has 0 bridgehead atoms. The molecule has 2 nitrogen and oxygen atoms in total. The molecule has 0 spiro atoms. The molecule has 0 saturated heterocycles. The van der Waals surface area contributed by atoms with E-state index < -0.39 is 18.3 Å². The van der Waals surface area contributed by atoms with Crippen LogP contribution < -0.4 is 10.5 Å². The van der Waals surface area contributed by atoms with Crippen LogP contribution >= 0.6 is 0 Å². The second-order valence-electron chi connectivity index (χ2n) is 4.18. The molecule has 0 heterocycles. The summed E-state index contributed by atoms with van der Waals surface area (Å²) in [5.41, 5.74) is 6.10. The monoisotopic (exact) mass is 245 g/mol. The van der Waals surface area contributed by atoms with Crippen molar-refractivity contribution in [3.63, 3.8) is 0 Å². The van der Waals surface area contributed by atoms with Crippen molar-refractivity contribution in [1.82, 2.24) is 0 Å². The van der Waals surface area contributed by atoms with Gasteiger partial charge in [0.1, 0.15) is 19.0 Å². The fraction of sp³-hybridized carbons (Fsp3) is 0.500. The first-order chi connectivity index (χ1) is 8.17. The molecule has 0 amide bonds. The SMILES string of the molecule is NCC1CC1c1cc(F)c(F)cc1OCCF. The van der Waals surface area contributed by atoms with E-state index >= 15 is 0 Å². The highest BCUT2D eigenvalue weighted by atomic mass is 19.2. The third-order valence-electron chi connectivity index (χ3n) is 3.01. The van der Waals surface area contributed by atoms with E-state index in [1.165, 1.54) is 0 Å². The molecular weight excluding hydrogens is 231 g/mol. The van der Waals surface area contributed by atoms with Crippen molar-refractivity contribution in [2.75, 3.05) is 19.8 Å². The normalized spacial score (nSPS) is 22.6. The smallest absolute Gasteiger partial charge is 0.162 e. The summed E-state index contributed by atoms with van der Waals surface area (Å²) in [6, 6.07) is 2.11. The van der Waals surface area contributed by atoms with Gasteiger partial charge in [0.15, 0.2) is 11.6 Å². The molecule has 0 radical (unpaired) electrons. The van der Waals surface area contributed by atoms with Gasteiger partial charge in [0.05, 0.1) is 0 Å². The molecule has 1 aliphatic carbocycles. The molecule has 5 heteroatoms. The van der Waals surface area contributed by atoms with Crippen molar-refractivity contribution in [2.24, 2.45) is 11.7 Å². The fourth-order valence-electron chi connectivity index (χ4n) is 2.00. The first kappa shape index (κ1) is 12.2. The predicted molar refractivity (Wildman–Crippen MR) is 57.7 cm³/mol. The van der Waals surface area contributed by atoms with Gasteiger partial charge >= 0.3 is 0 Å². The van der Waals surface area contributed by atoms with Gasteiger partial charge in [0, 0.05) is 11.6 Å². The zero-order valence-electron chi connectivity index (χ0n) is 9.26. The summed E-state index contributed by atoms with van der Waals surface area (Å²) in [4.78, 5) is 0. The lowest BCUT2D eigenvalue weighted by molar-refractivity contribution is 0.269. The standard InChI is InChI=1S/C12H14F3NO/c13-1-2-17-12-5-11(15)10(14)4-9(12)8-3-7(8)6-16/h4-5,7-8H,1-3,6,16H2. The van der Waals surface area contributed by atoms with Gasteiger partial charge in [-0.3, -0.25) is 0 Å². The number of benzene rings is 1. The number of halogens is 3. The number of hydrogen-bond acceptors (Lipinski definition) is 2. The van der Waals surface area contributed by atoms with Crippen LogP contribution in [0.15, 0.2) is 12.1 Å². The molecule has 2 unspecified atom stereocenters. The molecule has 17 heavy (non-hydrogen) atoms. The maximum Gasteiger partial charge on any atom is 0.162 e. The minimum Gasteiger partial charge on any atom is -0.490 e. The maximum absolute atomic E-state index is 13.2. The van der Waals surface area contributed by atoms with E-state index in [1.54, 1.807) is 0 Å². The molecule has 1 fully saturated rings. The number of alkyl halides is 1. The Morgan fingerprint density at radius 1 is 1.29 bits per heavy atom. The lowest BCUT2D eigenvalue weighted by atomic mass is 10.1. The van der Waals surface area contributed by atoms with E-state index in [0.717, 1.165) is 18.6 Å². The molecule has 1 aromatic rings. The number of rotatable bonds is 5. The zero-order valence-corrected chi connectivity index (χ0v) is 9.26. The van der Waals surface area contributed by atoms with Gasteiger partial charge < -0.3 is 10.5 Å². The summed E-state index contributed by atoms with van der Waals surface area (Å²) in [5, 5.41) is 0. The predicted octanol–water partition coefficient (Wildman–Crippen LogP) is 2.38. The first-order valence-corrected chi connectivity index (χ1v) is 5.55. The molecule has 2 N–H and O–H groups in total. The average Bonchev–Trinajstić information content (AvgIpc) is 3.09. The van der Waals surface area contributed by atoms with Crippen molar-refractivity contribution in [1.29, 1.82) is 0 Å². The molecular formula is C12H14F3NO. The number of ether oxygens (including phenoxy) is 1. The number of nitrogens with two attached hydrogens (primary N) is 1. The van der Waals surface area contributed by atoms with Crippen molar-refractivity contribution < 1.29 is 17.9 Å². The second kappa shape index (κ2) is 4.96. The second-order valence-corrected chi connectivity index (χ2v) is 4.18. The minimum absolute atomic E-state index is 0.102. The Labute approximate surface area is 97.6 Å². The lowest BCUT2D eigenvalue weighted by Gasteiger charge is -2.11. The van der Waals surface area contributed by atoms with E-state index in [4.69, 9.17) is 10.5 Å². The van der Waals surface area contributed by atoms with Crippen LogP contribution in [0.1, 0.15) is 17.9 Å². The Bertz CT molecular complexity index is 411. The highest BCUT2D eigenvalue weighted by molar-refractivity contribution is 5.40. The summed E-state index contributed by atoms with van der Waals surface area (Å²) in [6.45, 7) is -0.312. The molecule has 0 aliphatic heterocycles. The van der Waals surface area contributed by atoms with E-state index in [1.807, 2.05) is 0 Å². The van der Waals surface area contributed by atoms with Crippen molar-refractivity contribution in [3.05, 3.63) is 29.3 Å². The summed E-state index contributed by atoms with van der Waals surface area (Å²) < 4.78 is 43.4. The van der Waals surface area contributed by atoms with Crippen LogP contribution in [0.5, 0.6) is 5.75 Å². The largest absolute Gasteiger partial charge is 0.490 e. The van der Waals surface area contributed by atoms with Gasteiger partial charge in [0.25, 0.3) is 0 Å².